The second-order valence-electron chi connectivity index (χ2n) is 4.22. The standard InChI is InChI=1S/C13H14BrCl2NO/c1-3-4-17-7(2)11-5-8-12(16)9(14)6-10(15)13(8)18-11/h5-7,17H,3-4H2,1-2H3. The molecule has 1 unspecified atom stereocenters. The zero-order valence-electron chi connectivity index (χ0n) is 10.2. The first-order valence-electron chi connectivity index (χ1n) is 5.85. The second kappa shape index (κ2) is 5.83. The molecule has 0 aliphatic carbocycles. The predicted octanol–water partition coefficient (Wildman–Crippen LogP) is 5.56. The maximum atomic E-state index is 6.23. The van der Waals surface area contributed by atoms with Gasteiger partial charge in [-0.05, 0) is 48.0 Å². The molecule has 0 bridgehead atoms. The quantitative estimate of drug-likeness (QED) is 0.730. The lowest BCUT2D eigenvalue weighted by Gasteiger charge is -2.09. The Morgan fingerprint density at radius 3 is 2.78 bits per heavy atom. The minimum atomic E-state index is 0.142. The van der Waals surface area contributed by atoms with Gasteiger partial charge >= 0.3 is 0 Å². The van der Waals surface area contributed by atoms with Crippen LogP contribution in [0.1, 0.15) is 32.1 Å². The number of hydrogen-bond donors (Lipinski definition) is 1. The van der Waals surface area contributed by atoms with Crippen LogP contribution in [0.2, 0.25) is 10.0 Å². The Hall–Kier alpha value is -0.220. The molecule has 5 heteroatoms. The van der Waals surface area contributed by atoms with Crippen LogP contribution in [0.25, 0.3) is 11.0 Å². The summed E-state index contributed by atoms with van der Waals surface area (Å²) < 4.78 is 6.57. The van der Waals surface area contributed by atoms with Gasteiger partial charge in [-0.1, -0.05) is 30.1 Å². The lowest BCUT2D eigenvalue weighted by atomic mass is 10.2. The summed E-state index contributed by atoms with van der Waals surface area (Å²) in [6.45, 7) is 5.14. The van der Waals surface area contributed by atoms with Gasteiger partial charge in [-0.15, -0.1) is 0 Å². The van der Waals surface area contributed by atoms with E-state index in [1.54, 1.807) is 6.07 Å². The van der Waals surface area contributed by atoms with Crippen molar-refractivity contribution < 1.29 is 4.42 Å². The highest BCUT2D eigenvalue weighted by atomic mass is 79.9. The zero-order valence-corrected chi connectivity index (χ0v) is 13.3. The van der Waals surface area contributed by atoms with E-state index in [2.05, 4.69) is 35.1 Å². The summed E-state index contributed by atoms with van der Waals surface area (Å²) in [6, 6.07) is 3.84. The molecule has 2 aromatic rings. The van der Waals surface area contributed by atoms with E-state index in [4.69, 9.17) is 27.6 Å². The highest BCUT2D eigenvalue weighted by Crippen LogP contribution is 2.38. The largest absolute Gasteiger partial charge is 0.458 e. The van der Waals surface area contributed by atoms with Crippen molar-refractivity contribution in [3.63, 3.8) is 0 Å². The number of hydrogen-bond acceptors (Lipinski definition) is 2. The van der Waals surface area contributed by atoms with E-state index in [0.29, 0.717) is 15.6 Å². The van der Waals surface area contributed by atoms with Crippen LogP contribution in [-0.2, 0) is 0 Å². The van der Waals surface area contributed by atoms with Crippen molar-refractivity contribution in [2.75, 3.05) is 6.54 Å². The van der Waals surface area contributed by atoms with Crippen LogP contribution in [0.5, 0.6) is 0 Å². The molecule has 18 heavy (non-hydrogen) atoms. The van der Waals surface area contributed by atoms with Gasteiger partial charge < -0.3 is 9.73 Å². The van der Waals surface area contributed by atoms with Gasteiger partial charge in [0.15, 0.2) is 5.58 Å². The predicted molar refractivity (Wildman–Crippen MR) is 80.6 cm³/mol. The second-order valence-corrected chi connectivity index (χ2v) is 5.86. The Balaban J connectivity index is 2.44. The Kier molecular flexibility index (Phi) is 4.59. The Morgan fingerprint density at radius 2 is 2.11 bits per heavy atom. The topological polar surface area (TPSA) is 25.2 Å². The summed E-state index contributed by atoms with van der Waals surface area (Å²) in [7, 11) is 0. The normalized spacial score (nSPS) is 13.2. The lowest BCUT2D eigenvalue weighted by Crippen LogP contribution is -2.18. The first kappa shape index (κ1) is 14.2. The fraction of sp³-hybridized carbons (Fsp3) is 0.385. The number of halogens is 3. The SMILES string of the molecule is CCCNC(C)c1cc2c(Cl)c(Br)cc(Cl)c2o1. The molecule has 0 spiro atoms. The molecule has 0 saturated heterocycles. The van der Waals surface area contributed by atoms with Gasteiger partial charge in [0, 0.05) is 9.86 Å². The van der Waals surface area contributed by atoms with Gasteiger partial charge in [0.2, 0.25) is 0 Å². The Morgan fingerprint density at radius 1 is 1.39 bits per heavy atom. The summed E-state index contributed by atoms with van der Waals surface area (Å²) in [5, 5.41) is 5.41. The molecule has 0 saturated carbocycles. The van der Waals surface area contributed by atoms with E-state index in [1.807, 2.05) is 6.07 Å². The van der Waals surface area contributed by atoms with E-state index in [0.717, 1.165) is 28.6 Å². The fourth-order valence-corrected chi connectivity index (χ4v) is 2.81. The van der Waals surface area contributed by atoms with Gasteiger partial charge in [-0.25, -0.2) is 0 Å². The first-order valence-corrected chi connectivity index (χ1v) is 7.39. The highest BCUT2D eigenvalue weighted by molar-refractivity contribution is 9.10. The molecule has 1 N–H and O–H groups in total. The molecule has 2 rings (SSSR count). The molecule has 2 nitrogen and oxygen atoms in total. The summed E-state index contributed by atoms with van der Waals surface area (Å²) in [6.07, 6.45) is 1.08. The average molecular weight is 351 g/mol. The van der Waals surface area contributed by atoms with Crippen molar-refractivity contribution in [2.45, 2.75) is 26.3 Å². The molecular weight excluding hydrogens is 337 g/mol. The third-order valence-electron chi connectivity index (χ3n) is 2.79. The average Bonchev–Trinajstić information content (AvgIpc) is 2.79. The molecule has 1 aromatic heterocycles. The smallest absolute Gasteiger partial charge is 0.154 e. The first-order chi connectivity index (χ1) is 8.54. The summed E-state index contributed by atoms with van der Waals surface area (Å²) in [5.74, 6) is 0.848. The van der Waals surface area contributed by atoms with E-state index >= 15 is 0 Å². The van der Waals surface area contributed by atoms with E-state index < -0.39 is 0 Å². The van der Waals surface area contributed by atoms with Gasteiger partial charge in [0.1, 0.15) is 5.76 Å². The summed E-state index contributed by atoms with van der Waals surface area (Å²) in [5.41, 5.74) is 0.644. The molecule has 1 aromatic carbocycles. The molecule has 0 aliphatic heterocycles. The third kappa shape index (κ3) is 2.69. The van der Waals surface area contributed by atoms with Crippen LogP contribution in [-0.4, -0.2) is 6.54 Å². The fourth-order valence-electron chi connectivity index (χ4n) is 1.79. The number of furan rings is 1. The van der Waals surface area contributed by atoms with Crippen LogP contribution < -0.4 is 5.32 Å². The van der Waals surface area contributed by atoms with E-state index in [1.165, 1.54) is 0 Å². The molecule has 0 aliphatic rings. The highest BCUT2D eigenvalue weighted by Gasteiger charge is 2.16. The van der Waals surface area contributed by atoms with Crippen molar-refractivity contribution in [3.05, 3.63) is 32.4 Å². The number of fused-ring (bicyclic) bond motifs is 1. The maximum Gasteiger partial charge on any atom is 0.154 e. The Bertz CT molecular complexity index is 568. The van der Waals surface area contributed by atoms with Gasteiger partial charge in [0.05, 0.1) is 16.1 Å². The van der Waals surface area contributed by atoms with Crippen LogP contribution in [0.4, 0.5) is 0 Å². The monoisotopic (exact) mass is 349 g/mol. The molecule has 1 atom stereocenters. The molecule has 0 fully saturated rings. The van der Waals surface area contributed by atoms with Crippen LogP contribution >= 0.6 is 39.1 Å². The number of nitrogens with one attached hydrogen (secondary N) is 1. The summed E-state index contributed by atoms with van der Waals surface area (Å²) in [4.78, 5) is 0. The molecular formula is C13H14BrCl2NO. The number of benzene rings is 1. The zero-order chi connectivity index (χ0) is 13.3. The van der Waals surface area contributed by atoms with Crippen molar-refractivity contribution >= 4 is 50.1 Å². The van der Waals surface area contributed by atoms with Crippen molar-refractivity contribution in [1.82, 2.24) is 5.32 Å². The van der Waals surface area contributed by atoms with Crippen LogP contribution in [0.3, 0.4) is 0 Å². The van der Waals surface area contributed by atoms with Crippen molar-refractivity contribution in [1.29, 1.82) is 0 Å². The molecule has 0 radical (unpaired) electrons. The van der Waals surface area contributed by atoms with E-state index in [9.17, 15) is 0 Å². The van der Waals surface area contributed by atoms with Gasteiger partial charge in [-0.2, -0.15) is 0 Å². The minimum Gasteiger partial charge on any atom is -0.458 e. The van der Waals surface area contributed by atoms with Crippen molar-refractivity contribution in [3.8, 4) is 0 Å². The van der Waals surface area contributed by atoms with Gasteiger partial charge in [-0.3, -0.25) is 0 Å². The molecule has 0 amide bonds. The van der Waals surface area contributed by atoms with Crippen LogP contribution in [0.15, 0.2) is 21.0 Å². The van der Waals surface area contributed by atoms with Gasteiger partial charge in [0.25, 0.3) is 0 Å². The lowest BCUT2D eigenvalue weighted by molar-refractivity contribution is 0.452. The summed E-state index contributed by atoms with van der Waals surface area (Å²) >= 11 is 15.8. The van der Waals surface area contributed by atoms with Crippen LogP contribution in [0, 0.1) is 0 Å². The maximum absolute atomic E-state index is 6.23. The minimum absolute atomic E-state index is 0.142. The third-order valence-corrected chi connectivity index (χ3v) is 4.34. The molecule has 98 valence electrons. The number of rotatable bonds is 4. The van der Waals surface area contributed by atoms with Crippen molar-refractivity contribution in [2.24, 2.45) is 0 Å². The molecule has 1 heterocycles. The van der Waals surface area contributed by atoms with E-state index in [-0.39, 0.29) is 6.04 Å². The Labute approximate surface area is 125 Å².